The number of nitrogens with one attached hydrogen (secondary N) is 1. The van der Waals surface area contributed by atoms with E-state index in [1.54, 1.807) is 29.6 Å². The van der Waals surface area contributed by atoms with Crippen LogP contribution in [-0.2, 0) is 16.6 Å². The molecule has 0 saturated carbocycles. The van der Waals surface area contributed by atoms with E-state index in [9.17, 15) is 8.42 Å². The van der Waals surface area contributed by atoms with Crippen LogP contribution in [0.4, 0.5) is 5.69 Å². The van der Waals surface area contributed by atoms with Crippen LogP contribution in [0.3, 0.4) is 0 Å². The van der Waals surface area contributed by atoms with E-state index in [0.717, 1.165) is 42.8 Å². The largest absolute Gasteiger partial charge is 0.495 e. The first-order valence-electron chi connectivity index (χ1n) is 10.6. The molecule has 1 aromatic carbocycles. The number of sulfonamides is 1. The molecular weight excluding hydrogens is 414 g/mol. The van der Waals surface area contributed by atoms with Gasteiger partial charge in [-0.05, 0) is 51.0 Å². The number of ether oxygens (including phenoxy) is 1. The van der Waals surface area contributed by atoms with Crippen LogP contribution in [0.1, 0.15) is 42.8 Å². The van der Waals surface area contributed by atoms with Gasteiger partial charge in [0.05, 0.1) is 29.9 Å². The summed E-state index contributed by atoms with van der Waals surface area (Å²) < 4.78 is 35.4. The van der Waals surface area contributed by atoms with Crippen LogP contribution in [0.5, 0.6) is 5.75 Å². The SMILES string of the molecule is COc1ccc(S(=O)(=O)N2CCCCCC2)cc1NCc1cn2c(C)cc(C)nc2n1. The van der Waals surface area contributed by atoms with Gasteiger partial charge in [0.15, 0.2) is 0 Å². The minimum atomic E-state index is -3.54. The van der Waals surface area contributed by atoms with Gasteiger partial charge in [0, 0.05) is 30.7 Å². The van der Waals surface area contributed by atoms with Crippen LogP contribution < -0.4 is 10.1 Å². The maximum atomic E-state index is 13.2. The Morgan fingerprint density at radius 2 is 1.81 bits per heavy atom. The number of nitrogens with zero attached hydrogens (tertiary/aromatic N) is 4. The number of aromatic nitrogens is 3. The third kappa shape index (κ3) is 4.52. The van der Waals surface area contributed by atoms with Crippen molar-refractivity contribution in [2.24, 2.45) is 0 Å². The Kier molecular flexibility index (Phi) is 6.15. The highest BCUT2D eigenvalue weighted by molar-refractivity contribution is 7.89. The van der Waals surface area contributed by atoms with E-state index in [1.807, 2.05) is 30.5 Å². The molecule has 1 N–H and O–H groups in total. The second-order valence-corrected chi connectivity index (χ2v) is 9.91. The molecule has 166 valence electrons. The number of hydrogen-bond acceptors (Lipinski definition) is 6. The predicted octanol–water partition coefficient (Wildman–Crippen LogP) is 3.53. The van der Waals surface area contributed by atoms with E-state index in [1.165, 1.54) is 0 Å². The van der Waals surface area contributed by atoms with Gasteiger partial charge in [-0.3, -0.25) is 4.40 Å². The van der Waals surface area contributed by atoms with Crippen LogP contribution in [0, 0.1) is 13.8 Å². The number of rotatable bonds is 6. The smallest absolute Gasteiger partial charge is 0.243 e. The van der Waals surface area contributed by atoms with Crippen molar-refractivity contribution < 1.29 is 13.2 Å². The van der Waals surface area contributed by atoms with Gasteiger partial charge in [0.1, 0.15) is 5.75 Å². The lowest BCUT2D eigenvalue weighted by molar-refractivity contribution is 0.414. The van der Waals surface area contributed by atoms with Gasteiger partial charge < -0.3 is 10.1 Å². The van der Waals surface area contributed by atoms with E-state index in [2.05, 4.69) is 15.3 Å². The molecule has 0 spiro atoms. The van der Waals surface area contributed by atoms with E-state index in [-0.39, 0.29) is 4.90 Å². The fraction of sp³-hybridized carbons (Fsp3) is 0.455. The van der Waals surface area contributed by atoms with Gasteiger partial charge in [0.2, 0.25) is 15.8 Å². The summed E-state index contributed by atoms with van der Waals surface area (Å²) in [6.45, 7) is 5.53. The number of fused-ring (bicyclic) bond motifs is 1. The number of methoxy groups -OCH3 is 1. The summed E-state index contributed by atoms with van der Waals surface area (Å²) in [5, 5.41) is 3.29. The van der Waals surface area contributed by atoms with Crippen LogP contribution in [0.15, 0.2) is 35.4 Å². The lowest BCUT2D eigenvalue weighted by Crippen LogP contribution is -2.32. The molecule has 0 unspecified atom stereocenters. The van der Waals surface area contributed by atoms with Crippen molar-refractivity contribution in [3.05, 3.63) is 47.5 Å². The Bertz CT molecular complexity index is 1180. The molecule has 8 nitrogen and oxygen atoms in total. The summed E-state index contributed by atoms with van der Waals surface area (Å²) in [6, 6.07) is 6.98. The molecule has 1 aliphatic rings. The van der Waals surface area contributed by atoms with Crippen molar-refractivity contribution in [2.75, 3.05) is 25.5 Å². The number of imidazole rings is 1. The fourth-order valence-electron chi connectivity index (χ4n) is 4.01. The number of benzene rings is 1. The topological polar surface area (TPSA) is 88.8 Å². The standard InChI is InChI=1S/C22H29N5O3S/c1-16-12-17(2)27-15-18(25-22(27)24-16)14-23-20-13-19(8-9-21(20)30-3)31(28,29)26-10-6-4-5-7-11-26/h8-9,12-13,15,23H,4-7,10-11,14H2,1-3H3. The second-order valence-electron chi connectivity index (χ2n) is 7.98. The quantitative estimate of drug-likeness (QED) is 0.627. The third-order valence-corrected chi connectivity index (χ3v) is 7.54. The fourth-order valence-corrected chi connectivity index (χ4v) is 5.55. The average Bonchev–Trinajstić information content (AvgIpc) is 2.96. The summed E-state index contributed by atoms with van der Waals surface area (Å²) in [5.74, 6) is 1.24. The molecule has 3 aromatic rings. The maximum absolute atomic E-state index is 13.2. The minimum Gasteiger partial charge on any atom is -0.495 e. The van der Waals surface area contributed by atoms with Crippen LogP contribution in [-0.4, -0.2) is 47.3 Å². The molecule has 1 aliphatic heterocycles. The molecule has 0 atom stereocenters. The van der Waals surface area contributed by atoms with Crippen molar-refractivity contribution in [1.29, 1.82) is 0 Å². The van der Waals surface area contributed by atoms with E-state index in [4.69, 9.17) is 4.74 Å². The van der Waals surface area contributed by atoms with E-state index in [0.29, 0.717) is 36.8 Å². The van der Waals surface area contributed by atoms with Crippen LogP contribution in [0.25, 0.3) is 5.78 Å². The number of aryl methyl sites for hydroxylation is 2. The second kappa shape index (κ2) is 8.84. The first kappa shape index (κ1) is 21.6. The summed E-state index contributed by atoms with van der Waals surface area (Å²) in [6.07, 6.45) is 5.90. The zero-order valence-electron chi connectivity index (χ0n) is 18.3. The molecule has 2 aromatic heterocycles. The van der Waals surface area contributed by atoms with E-state index < -0.39 is 10.0 Å². The Balaban J connectivity index is 1.58. The van der Waals surface area contributed by atoms with Crippen molar-refractivity contribution in [2.45, 2.75) is 51.0 Å². The highest BCUT2D eigenvalue weighted by atomic mass is 32.2. The molecule has 1 saturated heterocycles. The summed E-state index contributed by atoms with van der Waals surface area (Å²) >= 11 is 0. The zero-order chi connectivity index (χ0) is 22.0. The zero-order valence-corrected chi connectivity index (χ0v) is 19.1. The highest BCUT2D eigenvalue weighted by Gasteiger charge is 2.26. The van der Waals surface area contributed by atoms with Crippen molar-refractivity contribution in [1.82, 2.24) is 18.7 Å². The Hall–Kier alpha value is -2.65. The van der Waals surface area contributed by atoms with Gasteiger partial charge in [-0.25, -0.2) is 18.4 Å². The predicted molar refractivity (Wildman–Crippen MR) is 120 cm³/mol. The normalized spacial score (nSPS) is 15.7. The molecule has 9 heteroatoms. The minimum absolute atomic E-state index is 0.279. The molecule has 1 fully saturated rings. The number of anilines is 1. The Morgan fingerprint density at radius 3 is 2.52 bits per heavy atom. The first-order chi connectivity index (χ1) is 14.9. The highest BCUT2D eigenvalue weighted by Crippen LogP contribution is 2.30. The monoisotopic (exact) mass is 443 g/mol. The van der Waals surface area contributed by atoms with Gasteiger partial charge in [-0.15, -0.1) is 0 Å². The van der Waals surface area contributed by atoms with Crippen LogP contribution >= 0.6 is 0 Å². The lowest BCUT2D eigenvalue weighted by atomic mass is 10.2. The third-order valence-electron chi connectivity index (χ3n) is 5.65. The average molecular weight is 444 g/mol. The van der Waals surface area contributed by atoms with Gasteiger partial charge in [-0.1, -0.05) is 12.8 Å². The summed E-state index contributed by atoms with van der Waals surface area (Å²) in [5.41, 5.74) is 3.41. The molecule has 0 bridgehead atoms. The maximum Gasteiger partial charge on any atom is 0.243 e. The van der Waals surface area contributed by atoms with Crippen molar-refractivity contribution in [3.8, 4) is 5.75 Å². The molecule has 0 aliphatic carbocycles. The van der Waals surface area contributed by atoms with Crippen molar-refractivity contribution in [3.63, 3.8) is 0 Å². The molecule has 0 radical (unpaired) electrons. The van der Waals surface area contributed by atoms with E-state index >= 15 is 0 Å². The van der Waals surface area contributed by atoms with Gasteiger partial charge in [0.25, 0.3) is 0 Å². The van der Waals surface area contributed by atoms with Crippen molar-refractivity contribution >= 4 is 21.5 Å². The van der Waals surface area contributed by atoms with Crippen LogP contribution in [0.2, 0.25) is 0 Å². The van der Waals surface area contributed by atoms with Gasteiger partial charge >= 0.3 is 0 Å². The van der Waals surface area contributed by atoms with Gasteiger partial charge in [-0.2, -0.15) is 4.31 Å². The number of hydrogen-bond donors (Lipinski definition) is 1. The molecular formula is C22H29N5O3S. The molecule has 0 amide bonds. The Labute approximate surface area is 183 Å². The summed E-state index contributed by atoms with van der Waals surface area (Å²) in [7, 11) is -1.96. The molecule has 31 heavy (non-hydrogen) atoms. The lowest BCUT2D eigenvalue weighted by Gasteiger charge is -2.21. The molecule has 3 heterocycles. The Morgan fingerprint density at radius 1 is 1.06 bits per heavy atom. The summed E-state index contributed by atoms with van der Waals surface area (Å²) in [4.78, 5) is 9.33. The first-order valence-corrected chi connectivity index (χ1v) is 12.1. The molecule has 4 rings (SSSR count).